The molecule has 3 aromatic rings. The van der Waals surface area contributed by atoms with Crippen LogP contribution < -0.4 is 36.1 Å². The van der Waals surface area contributed by atoms with Crippen molar-refractivity contribution in [3.63, 3.8) is 0 Å². The van der Waals surface area contributed by atoms with E-state index in [4.69, 9.17) is 31.5 Å². The third-order valence-electron chi connectivity index (χ3n) is 6.13. The van der Waals surface area contributed by atoms with Gasteiger partial charge in [-0.2, -0.15) is 4.98 Å². The van der Waals surface area contributed by atoms with Crippen LogP contribution in [-0.4, -0.2) is 49.0 Å². The maximum Gasteiger partial charge on any atom is 0.412 e. The predicted octanol–water partition coefficient (Wildman–Crippen LogP) is 6.55. The molecular formula is C28H36ClN7O4. The molecule has 2 heterocycles. The minimum atomic E-state index is -0.628. The van der Waals surface area contributed by atoms with Gasteiger partial charge >= 0.3 is 6.09 Å². The lowest BCUT2D eigenvalue weighted by Gasteiger charge is -2.30. The standard InChI is InChI=1S/C28H36ClN7O4/c1-28(2,3)40-27(37)32-17-9-10-23(38-4)20(13-17)33-25-18(29)16-31-26(35-25)34-21-14-19(30)22(15-24(21)39-5)36-11-7-6-8-12-36/h9-10,13-16H,6-8,11-12,30H2,1-5H3,(H,32,37)(H2,31,33,34,35). The van der Waals surface area contributed by atoms with Gasteiger partial charge in [-0.1, -0.05) is 11.6 Å². The highest BCUT2D eigenvalue weighted by Gasteiger charge is 2.19. The van der Waals surface area contributed by atoms with Gasteiger partial charge in [0.1, 0.15) is 22.1 Å². The minimum absolute atomic E-state index is 0.275. The molecule has 11 nitrogen and oxygen atoms in total. The molecule has 0 aliphatic carbocycles. The molecule has 1 amide bonds. The van der Waals surface area contributed by atoms with Gasteiger partial charge in [-0.25, -0.2) is 9.78 Å². The Morgan fingerprint density at radius 3 is 2.38 bits per heavy atom. The smallest absolute Gasteiger partial charge is 0.412 e. The Morgan fingerprint density at radius 1 is 1.00 bits per heavy atom. The molecule has 12 heteroatoms. The summed E-state index contributed by atoms with van der Waals surface area (Å²) in [5, 5.41) is 9.35. The number of methoxy groups -OCH3 is 2. The number of hydrogen-bond acceptors (Lipinski definition) is 10. The molecule has 4 rings (SSSR count). The molecule has 0 radical (unpaired) electrons. The van der Waals surface area contributed by atoms with Crippen LogP contribution in [0.25, 0.3) is 0 Å². The normalized spacial score (nSPS) is 13.4. The monoisotopic (exact) mass is 569 g/mol. The zero-order chi connectivity index (χ0) is 28.9. The van der Waals surface area contributed by atoms with E-state index in [9.17, 15) is 4.79 Å². The summed E-state index contributed by atoms with van der Waals surface area (Å²) >= 11 is 6.44. The van der Waals surface area contributed by atoms with Gasteiger partial charge in [0, 0.05) is 24.8 Å². The molecule has 1 saturated heterocycles. The average Bonchev–Trinajstić information content (AvgIpc) is 2.90. The van der Waals surface area contributed by atoms with Crippen LogP contribution in [0.3, 0.4) is 0 Å². The number of nitrogen functional groups attached to an aromatic ring is 1. The van der Waals surface area contributed by atoms with E-state index in [0.29, 0.717) is 40.1 Å². The Labute approximate surface area is 239 Å². The molecule has 1 aliphatic rings. The van der Waals surface area contributed by atoms with Crippen molar-refractivity contribution in [3.8, 4) is 11.5 Å². The van der Waals surface area contributed by atoms with Crippen molar-refractivity contribution in [3.05, 3.63) is 41.6 Å². The van der Waals surface area contributed by atoms with Crippen molar-refractivity contribution in [1.82, 2.24) is 9.97 Å². The molecule has 0 unspecified atom stereocenters. The molecular weight excluding hydrogens is 534 g/mol. The first-order valence-electron chi connectivity index (χ1n) is 13.0. The van der Waals surface area contributed by atoms with Crippen molar-refractivity contribution in [2.75, 3.05) is 53.9 Å². The van der Waals surface area contributed by atoms with Crippen LogP contribution in [0.5, 0.6) is 11.5 Å². The second-order valence-electron chi connectivity index (χ2n) is 10.3. The minimum Gasteiger partial charge on any atom is -0.495 e. The largest absolute Gasteiger partial charge is 0.495 e. The van der Waals surface area contributed by atoms with Crippen molar-refractivity contribution < 1.29 is 19.0 Å². The van der Waals surface area contributed by atoms with Crippen LogP contribution in [0.4, 0.5) is 45.0 Å². The summed E-state index contributed by atoms with van der Waals surface area (Å²) in [6, 6.07) is 8.86. The molecule has 0 spiro atoms. The van der Waals surface area contributed by atoms with E-state index in [1.165, 1.54) is 12.6 Å². The highest BCUT2D eigenvalue weighted by molar-refractivity contribution is 6.33. The van der Waals surface area contributed by atoms with Crippen LogP contribution in [0.1, 0.15) is 40.0 Å². The number of rotatable bonds is 8. The molecule has 1 fully saturated rings. The lowest BCUT2D eigenvalue weighted by Crippen LogP contribution is -2.30. The first-order valence-corrected chi connectivity index (χ1v) is 13.4. The Kier molecular flexibility index (Phi) is 8.93. The van der Waals surface area contributed by atoms with Gasteiger partial charge in [0.15, 0.2) is 5.82 Å². The third kappa shape index (κ3) is 7.29. The molecule has 0 atom stereocenters. The summed E-state index contributed by atoms with van der Waals surface area (Å²) in [6.07, 6.45) is 4.41. The topological polar surface area (TPSA) is 136 Å². The molecule has 1 aliphatic heterocycles. The fourth-order valence-corrected chi connectivity index (χ4v) is 4.47. The Morgan fingerprint density at radius 2 is 1.70 bits per heavy atom. The number of anilines is 7. The lowest BCUT2D eigenvalue weighted by molar-refractivity contribution is 0.0636. The summed E-state index contributed by atoms with van der Waals surface area (Å²) in [7, 11) is 3.15. The van der Waals surface area contributed by atoms with E-state index in [1.807, 2.05) is 12.1 Å². The fraction of sp³-hybridized carbons (Fsp3) is 0.393. The number of carbonyl (C=O) groups is 1. The van der Waals surface area contributed by atoms with Crippen LogP contribution in [0.15, 0.2) is 36.5 Å². The zero-order valence-electron chi connectivity index (χ0n) is 23.4. The predicted molar refractivity (Wildman–Crippen MR) is 160 cm³/mol. The molecule has 5 N–H and O–H groups in total. The number of ether oxygens (including phenoxy) is 3. The van der Waals surface area contributed by atoms with E-state index >= 15 is 0 Å². The van der Waals surface area contributed by atoms with Crippen LogP contribution in [-0.2, 0) is 4.74 Å². The first-order chi connectivity index (χ1) is 19.1. The van der Waals surface area contributed by atoms with Crippen molar-refractivity contribution >= 4 is 57.9 Å². The number of nitrogens with two attached hydrogens (primary N) is 1. The van der Waals surface area contributed by atoms with E-state index in [2.05, 4.69) is 30.8 Å². The van der Waals surface area contributed by atoms with Crippen molar-refractivity contribution in [2.45, 2.75) is 45.6 Å². The number of carbonyl (C=O) groups excluding carboxylic acids is 1. The maximum atomic E-state index is 12.3. The van der Waals surface area contributed by atoms with Gasteiger partial charge in [-0.15, -0.1) is 0 Å². The summed E-state index contributed by atoms with van der Waals surface area (Å²) in [5.41, 5.74) is 9.03. The van der Waals surface area contributed by atoms with Gasteiger partial charge in [-0.05, 0) is 64.3 Å². The number of halogens is 1. The SMILES string of the molecule is COc1cc(N2CCCCC2)c(N)cc1Nc1ncc(Cl)c(Nc2cc(NC(=O)OC(C)(C)C)ccc2OC)n1. The summed E-state index contributed by atoms with van der Waals surface area (Å²) in [5.74, 6) is 1.73. The molecule has 1 aromatic heterocycles. The van der Waals surface area contributed by atoms with E-state index < -0.39 is 11.7 Å². The lowest BCUT2D eigenvalue weighted by atomic mass is 10.1. The number of benzene rings is 2. The second kappa shape index (κ2) is 12.4. The number of nitrogens with zero attached hydrogens (tertiary/aromatic N) is 3. The number of amides is 1. The summed E-state index contributed by atoms with van der Waals surface area (Å²) in [6.45, 7) is 7.32. The highest BCUT2D eigenvalue weighted by atomic mass is 35.5. The van der Waals surface area contributed by atoms with Gasteiger partial charge in [0.05, 0.1) is 43.2 Å². The molecule has 0 bridgehead atoms. The fourth-order valence-electron chi connectivity index (χ4n) is 4.33. The number of aromatic nitrogens is 2. The number of piperidine rings is 1. The summed E-state index contributed by atoms with van der Waals surface area (Å²) < 4.78 is 16.5. The Balaban J connectivity index is 1.56. The van der Waals surface area contributed by atoms with Gasteiger partial charge in [0.25, 0.3) is 0 Å². The number of nitrogens with one attached hydrogen (secondary N) is 3. The number of hydrogen-bond donors (Lipinski definition) is 4. The zero-order valence-corrected chi connectivity index (χ0v) is 24.2. The molecule has 40 heavy (non-hydrogen) atoms. The average molecular weight is 570 g/mol. The highest BCUT2D eigenvalue weighted by Crippen LogP contribution is 2.38. The molecule has 2 aromatic carbocycles. The summed E-state index contributed by atoms with van der Waals surface area (Å²) in [4.78, 5) is 23.4. The quantitative estimate of drug-likeness (QED) is 0.221. The van der Waals surface area contributed by atoms with Gasteiger partial charge in [-0.3, -0.25) is 5.32 Å². The molecule has 0 saturated carbocycles. The van der Waals surface area contributed by atoms with E-state index in [-0.39, 0.29) is 11.0 Å². The van der Waals surface area contributed by atoms with Crippen molar-refractivity contribution in [2.24, 2.45) is 0 Å². The van der Waals surface area contributed by atoms with Gasteiger partial charge < -0.3 is 35.5 Å². The van der Waals surface area contributed by atoms with E-state index in [0.717, 1.165) is 31.6 Å². The first kappa shape index (κ1) is 28.9. The van der Waals surface area contributed by atoms with E-state index in [1.54, 1.807) is 53.2 Å². The van der Waals surface area contributed by atoms with Crippen LogP contribution in [0.2, 0.25) is 5.02 Å². The second-order valence-corrected chi connectivity index (χ2v) is 10.7. The van der Waals surface area contributed by atoms with Crippen LogP contribution >= 0.6 is 11.6 Å². The third-order valence-corrected chi connectivity index (χ3v) is 6.41. The van der Waals surface area contributed by atoms with Crippen LogP contribution in [0, 0.1) is 0 Å². The van der Waals surface area contributed by atoms with Gasteiger partial charge in [0.2, 0.25) is 5.95 Å². The van der Waals surface area contributed by atoms with Crippen molar-refractivity contribution in [1.29, 1.82) is 0 Å². The molecule has 214 valence electrons. The Bertz CT molecular complexity index is 1360. The maximum absolute atomic E-state index is 12.3. The Hall–Kier alpha value is -4.12.